The number of carbonyl (C=O) groups excluding carboxylic acids is 3. The summed E-state index contributed by atoms with van der Waals surface area (Å²) in [5.41, 5.74) is 2.32. The number of ether oxygens (including phenoxy) is 2. The Hall–Kier alpha value is -3.35. The number of rotatable bonds is 9. The normalized spacial score (nSPS) is 11.3. The summed E-state index contributed by atoms with van der Waals surface area (Å²) in [5.74, 6) is -0.310. The van der Waals surface area contributed by atoms with Crippen LogP contribution in [0.2, 0.25) is 0 Å². The number of nitrogens with one attached hydrogen (secondary N) is 2. The van der Waals surface area contributed by atoms with Gasteiger partial charge in [0.2, 0.25) is 5.91 Å². The lowest BCUT2D eigenvalue weighted by Crippen LogP contribution is -2.30. The molecular weight excluding hydrogens is 372 g/mol. The molecule has 0 bridgehead atoms. The van der Waals surface area contributed by atoms with Crippen molar-refractivity contribution in [1.29, 1.82) is 0 Å². The Kier molecular flexibility index (Phi) is 8.21. The zero-order valence-electron chi connectivity index (χ0n) is 16.9. The number of anilines is 2. The molecule has 0 heterocycles. The van der Waals surface area contributed by atoms with Gasteiger partial charge in [0.1, 0.15) is 5.75 Å². The summed E-state index contributed by atoms with van der Waals surface area (Å²) in [7, 11) is 0. The summed E-state index contributed by atoms with van der Waals surface area (Å²) >= 11 is 0. The molecule has 0 aliphatic heterocycles. The van der Waals surface area contributed by atoms with Crippen LogP contribution in [0.15, 0.2) is 48.5 Å². The van der Waals surface area contributed by atoms with Crippen molar-refractivity contribution in [3.8, 4) is 5.75 Å². The molecule has 0 aliphatic carbocycles. The Morgan fingerprint density at radius 2 is 1.52 bits per heavy atom. The molecule has 7 nitrogen and oxygen atoms in total. The molecule has 2 N–H and O–H groups in total. The molecule has 0 saturated heterocycles. The molecule has 0 spiro atoms. The summed E-state index contributed by atoms with van der Waals surface area (Å²) in [6.07, 6.45) is -0.267. The van der Waals surface area contributed by atoms with Gasteiger partial charge < -0.3 is 20.1 Å². The van der Waals surface area contributed by atoms with Gasteiger partial charge in [0, 0.05) is 24.7 Å². The van der Waals surface area contributed by atoms with E-state index in [2.05, 4.69) is 10.6 Å². The van der Waals surface area contributed by atoms with Gasteiger partial charge in [-0.2, -0.15) is 0 Å². The number of carbonyl (C=O) groups is 3. The molecule has 29 heavy (non-hydrogen) atoms. The van der Waals surface area contributed by atoms with Crippen molar-refractivity contribution >= 4 is 29.2 Å². The topological polar surface area (TPSA) is 93.7 Å². The molecule has 2 amide bonds. The van der Waals surface area contributed by atoms with Crippen LogP contribution in [-0.2, 0) is 19.1 Å². The summed E-state index contributed by atoms with van der Waals surface area (Å²) in [6, 6.07) is 14.3. The average Bonchev–Trinajstić information content (AvgIpc) is 2.67. The second kappa shape index (κ2) is 10.8. The molecule has 2 rings (SSSR count). The number of amides is 2. The fourth-order valence-corrected chi connectivity index (χ4v) is 2.43. The predicted molar refractivity (Wildman–Crippen MR) is 111 cm³/mol. The van der Waals surface area contributed by atoms with E-state index in [4.69, 9.17) is 9.47 Å². The van der Waals surface area contributed by atoms with Crippen LogP contribution < -0.4 is 15.4 Å². The van der Waals surface area contributed by atoms with Crippen LogP contribution in [-0.4, -0.2) is 30.5 Å². The number of hydrogen-bond acceptors (Lipinski definition) is 5. The molecule has 2 aromatic rings. The second-order valence-corrected chi connectivity index (χ2v) is 6.64. The van der Waals surface area contributed by atoms with Crippen LogP contribution in [0.5, 0.6) is 5.75 Å². The molecular formula is C22H26N2O5. The molecule has 2 aromatic carbocycles. The lowest BCUT2D eigenvalue weighted by Gasteiger charge is -2.14. The van der Waals surface area contributed by atoms with E-state index in [1.807, 2.05) is 31.2 Å². The Morgan fingerprint density at radius 3 is 2.10 bits per heavy atom. The maximum Gasteiger partial charge on any atom is 0.306 e. The quantitative estimate of drug-likeness (QED) is 0.496. The van der Waals surface area contributed by atoms with E-state index < -0.39 is 18.0 Å². The molecule has 0 fully saturated rings. The summed E-state index contributed by atoms with van der Waals surface area (Å²) in [6.45, 7) is 5.32. The van der Waals surface area contributed by atoms with Crippen molar-refractivity contribution in [2.75, 3.05) is 17.2 Å². The van der Waals surface area contributed by atoms with E-state index in [1.54, 1.807) is 24.3 Å². The zero-order valence-corrected chi connectivity index (χ0v) is 16.9. The van der Waals surface area contributed by atoms with E-state index in [0.717, 1.165) is 11.3 Å². The van der Waals surface area contributed by atoms with E-state index in [9.17, 15) is 14.4 Å². The van der Waals surface area contributed by atoms with Gasteiger partial charge in [0.25, 0.3) is 5.91 Å². The van der Waals surface area contributed by atoms with Crippen LogP contribution in [0.1, 0.15) is 32.3 Å². The highest BCUT2D eigenvalue weighted by Gasteiger charge is 2.17. The van der Waals surface area contributed by atoms with Gasteiger partial charge >= 0.3 is 5.97 Å². The minimum Gasteiger partial charge on any atom is -0.494 e. The van der Waals surface area contributed by atoms with Crippen molar-refractivity contribution in [3.05, 3.63) is 54.1 Å². The molecule has 0 aromatic heterocycles. The Balaban J connectivity index is 1.69. The maximum absolute atomic E-state index is 12.2. The van der Waals surface area contributed by atoms with Gasteiger partial charge in [0.05, 0.1) is 6.61 Å². The average molecular weight is 398 g/mol. The zero-order chi connectivity index (χ0) is 21.2. The molecule has 0 aliphatic rings. The van der Waals surface area contributed by atoms with Crippen molar-refractivity contribution in [1.82, 2.24) is 0 Å². The minimum absolute atomic E-state index is 0.162. The van der Waals surface area contributed by atoms with Gasteiger partial charge in [0.15, 0.2) is 6.10 Å². The van der Waals surface area contributed by atoms with Crippen LogP contribution >= 0.6 is 0 Å². The van der Waals surface area contributed by atoms with Gasteiger partial charge in [-0.05, 0) is 56.7 Å². The number of aryl methyl sites for hydroxylation is 1. The van der Waals surface area contributed by atoms with Crippen LogP contribution in [0.25, 0.3) is 0 Å². The van der Waals surface area contributed by atoms with E-state index >= 15 is 0 Å². The molecule has 7 heteroatoms. The fraction of sp³-hybridized carbons (Fsp3) is 0.318. The highest BCUT2D eigenvalue weighted by molar-refractivity contribution is 5.95. The van der Waals surface area contributed by atoms with Crippen molar-refractivity contribution in [2.45, 2.75) is 39.7 Å². The standard InChI is InChI=1S/C22H26N2O5/c1-15-6-12-20(13-7-15)28-14-4-5-21(26)29-16(2)22(27)24-19-10-8-18(9-11-19)23-17(3)25/h6-13,16H,4-5,14H2,1-3H3,(H,23,25)(H,24,27)/t16-/m1/s1. The lowest BCUT2D eigenvalue weighted by molar-refractivity contribution is -0.153. The van der Waals surface area contributed by atoms with Crippen molar-refractivity contribution in [3.63, 3.8) is 0 Å². The molecule has 0 unspecified atom stereocenters. The third-order valence-corrected chi connectivity index (χ3v) is 3.97. The number of esters is 1. The lowest BCUT2D eigenvalue weighted by atomic mass is 10.2. The Labute approximate surface area is 170 Å². The van der Waals surface area contributed by atoms with E-state index in [1.165, 1.54) is 13.8 Å². The number of benzene rings is 2. The Morgan fingerprint density at radius 1 is 0.931 bits per heavy atom. The van der Waals surface area contributed by atoms with Gasteiger partial charge in [-0.25, -0.2) is 0 Å². The molecule has 0 saturated carbocycles. The first-order valence-electron chi connectivity index (χ1n) is 9.41. The smallest absolute Gasteiger partial charge is 0.306 e. The summed E-state index contributed by atoms with van der Waals surface area (Å²) in [4.78, 5) is 35.1. The van der Waals surface area contributed by atoms with Crippen LogP contribution in [0.3, 0.4) is 0 Å². The monoisotopic (exact) mass is 398 g/mol. The van der Waals surface area contributed by atoms with Gasteiger partial charge in [-0.3, -0.25) is 14.4 Å². The van der Waals surface area contributed by atoms with Crippen LogP contribution in [0, 0.1) is 6.92 Å². The minimum atomic E-state index is -0.921. The third-order valence-electron chi connectivity index (χ3n) is 3.97. The predicted octanol–water partition coefficient (Wildman–Crippen LogP) is 3.68. The van der Waals surface area contributed by atoms with E-state index in [0.29, 0.717) is 24.4 Å². The van der Waals surface area contributed by atoms with Gasteiger partial charge in [-0.1, -0.05) is 17.7 Å². The van der Waals surface area contributed by atoms with Gasteiger partial charge in [-0.15, -0.1) is 0 Å². The van der Waals surface area contributed by atoms with Crippen molar-refractivity contribution < 1.29 is 23.9 Å². The molecule has 1 atom stereocenters. The largest absolute Gasteiger partial charge is 0.494 e. The highest BCUT2D eigenvalue weighted by Crippen LogP contribution is 2.15. The third kappa shape index (κ3) is 8.04. The molecule has 154 valence electrons. The number of hydrogen-bond donors (Lipinski definition) is 2. The molecule has 0 radical (unpaired) electrons. The first-order valence-corrected chi connectivity index (χ1v) is 9.41. The Bertz CT molecular complexity index is 831. The first-order chi connectivity index (χ1) is 13.8. The summed E-state index contributed by atoms with van der Waals surface area (Å²) in [5, 5.41) is 5.31. The van der Waals surface area contributed by atoms with E-state index in [-0.39, 0.29) is 12.3 Å². The fourth-order valence-electron chi connectivity index (χ4n) is 2.43. The van der Waals surface area contributed by atoms with Crippen molar-refractivity contribution in [2.24, 2.45) is 0 Å². The highest BCUT2D eigenvalue weighted by atomic mass is 16.5. The SMILES string of the molecule is CC(=O)Nc1ccc(NC(=O)[C@@H](C)OC(=O)CCCOc2ccc(C)cc2)cc1. The first kappa shape index (κ1) is 21.9. The summed E-state index contributed by atoms with van der Waals surface area (Å²) < 4.78 is 10.7. The second-order valence-electron chi connectivity index (χ2n) is 6.64. The van der Waals surface area contributed by atoms with Crippen LogP contribution in [0.4, 0.5) is 11.4 Å². The maximum atomic E-state index is 12.2.